The molecule has 0 bridgehead atoms. The Hall–Kier alpha value is -1.00. The van der Waals surface area contributed by atoms with Gasteiger partial charge in [-0.15, -0.1) is 11.8 Å². The van der Waals surface area contributed by atoms with Gasteiger partial charge >= 0.3 is 0 Å². The van der Waals surface area contributed by atoms with Crippen molar-refractivity contribution in [2.75, 3.05) is 18.8 Å². The molecule has 2 atom stereocenters. The van der Waals surface area contributed by atoms with Crippen molar-refractivity contribution in [3.63, 3.8) is 0 Å². The van der Waals surface area contributed by atoms with Crippen LogP contribution in [0, 0.1) is 0 Å². The van der Waals surface area contributed by atoms with Crippen LogP contribution in [0.4, 0.5) is 0 Å². The van der Waals surface area contributed by atoms with E-state index in [0.29, 0.717) is 6.04 Å². The normalized spacial score (nSPS) is 26.7. The summed E-state index contributed by atoms with van der Waals surface area (Å²) in [6, 6.07) is 8.56. The summed E-state index contributed by atoms with van der Waals surface area (Å²) in [5, 5.41) is 6.52. The molecule has 2 aliphatic heterocycles. The second-order valence-corrected chi connectivity index (χ2v) is 6.02. The van der Waals surface area contributed by atoms with E-state index in [4.69, 9.17) is 0 Å². The third-order valence-electron chi connectivity index (χ3n) is 3.66. The standard InChI is InChI=1S/C14H18N2OS/c17-14(16-10-4-3-7-15-8-10)12-9-18-13-6-2-1-5-11(12)13/h1-2,5-6,10,12,15H,3-4,7-9H2,(H,16,17)/t10-,12?/m1/s1. The quantitative estimate of drug-likeness (QED) is 0.853. The highest BCUT2D eigenvalue weighted by molar-refractivity contribution is 7.99. The van der Waals surface area contributed by atoms with E-state index < -0.39 is 0 Å². The molecule has 2 heterocycles. The van der Waals surface area contributed by atoms with Crippen LogP contribution >= 0.6 is 11.8 Å². The molecule has 1 aromatic rings. The second kappa shape index (κ2) is 5.33. The molecule has 1 aromatic carbocycles. The molecule has 1 saturated heterocycles. The maximum Gasteiger partial charge on any atom is 0.228 e. The van der Waals surface area contributed by atoms with Crippen molar-refractivity contribution in [1.82, 2.24) is 10.6 Å². The Morgan fingerprint density at radius 2 is 2.28 bits per heavy atom. The molecule has 4 heteroatoms. The molecule has 0 saturated carbocycles. The molecule has 2 aliphatic rings. The van der Waals surface area contributed by atoms with Gasteiger partial charge in [-0.1, -0.05) is 18.2 Å². The van der Waals surface area contributed by atoms with E-state index in [0.717, 1.165) is 31.7 Å². The van der Waals surface area contributed by atoms with Gasteiger partial charge in [0.15, 0.2) is 0 Å². The Labute approximate surface area is 112 Å². The van der Waals surface area contributed by atoms with Gasteiger partial charge in [0.05, 0.1) is 5.92 Å². The molecule has 0 aliphatic carbocycles. The van der Waals surface area contributed by atoms with Gasteiger partial charge in [0.25, 0.3) is 0 Å². The van der Waals surface area contributed by atoms with Crippen LogP contribution in [0.5, 0.6) is 0 Å². The minimum atomic E-state index is 0.0353. The van der Waals surface area contributed by atoms with E-state index >= 15 is 0 Å². The van der Waals surface area contributed by atoms with Crippen LogP contribution in [0.1, 0.15) is 24.3 Å². The lowest BCUT2D eigenvalue weighted by Crippen LogP contribution is -2.47. The van der Waals surface area contributed by atoms with E-state index in [1.54, 1.807) is 11.8 Å². The number of benzene rings is 1. The SMILES string of the molecule is O=C(N[C@@H]1CCCNC1)C1CSc2ccccc21. The van der Waals surface area contributed by atoms with Crippen LogP contribution in [0.3, 0.4) is 0 Å². The summed E-state index contributed by atoms with van der Waals surface area (Å²) in [4.78, 5) is 13.6. The lowest BCUT2D eigenvalue weighted by atomic mass is 9.99. The first kappa shape index (κ1) is 12.1. The van der Waals surface area contributed by atoms with Crippen LogP contribution < -0.4 is 10.6 Å². The van der Waals surface area contributed by atoms with Crippen LogP contribution in [-0.2, 0) is 4.79 Å². The van der Waals surface area contributed by atoms with E-state index in [2.05, 4.69) is 22.8 Å². The summed E-state index contributed by atoms with van der Waals surface area (Å²) in [5.41, 5.74) is 1.20. The van der Waals surface area contributed by atoms with Crippen molar-refractivity contribution < 1.29 is 4.79 Å². The fraction of sp³-hybridized carbons (Fsp3) is 0.500. The number of piperidine rings is 1. The van der Waals surface area contributed by atoms with Crippen LogP contribution in [-0.4, -0.2) is 30.8 Å². The fourth-order valence-electron chi connectivity index (χ4n) is 2.66. The smallest absolute Gasteiger partial charge is 0.228 e. The number of rotatable bonds is 2. The van der Waals surface area contributed by atoms with Gasteiger partial charge in [-0.3, -0.25) is 4.79 Å². The van der Waals surface area contributed by atoms with Gasteiger partial charge in [-0.2, -0.15) is 0 Å². The number of fused-ring (bicyclic) bond motifs is 1. The van der Waals surface area contributed by atoms with E-state index in [1.807, 2.05) is 12.1 Å². The lowest BCUT2D eigenvalue weighted by molar-refractivity contribution is -0.122. The molecule has 1 unspecified atom stereocenters. The topological polar surface area (TPSA) is 41.1 Å². The molecule has 2 N–H and O–H groups in total. The molecule has 0 radical (unpaired) electrons. The molecule has 3 rings (SSSR count). The molecule has 18 heavy (non-hydrogen) atoms. The second-order valence-electron chi connectivity index (χ2n) is 4.95. The predicted molar refractivity (Wildman–Crippen MR) is 73.9 cm³/mol. The van der Waals surface area contributed by atoms with Crippen molar-refractivity contribution in [2.24, 2.45) is 0 Å². The molecule has 3 nitrogen and oxygen atoms in total. The minimum absolute atomic E-state index is 0.0353. The van der Waals surface area contributed by atoms with E-state index in [-0.39, 0.29) is 11.8 Å². The predicted octanol–water partition coefficient (Wildman–Crippen LogP) is 1.74. The first-order valence-electron chi connectivity index (χ1n) is 6.57. The first-order chi connectivity index (χ1) is 8.84. The Kier molecular flexibility index (Phi) is 3.57. The van der Waals surface area contributed by atoms with Gasteiger partial charge in [0, 0.05) is 23.2 Å². The van der Waals surface area contributed by atoms with Crippen molar-refractivity contribution in [2.45, 2.75) is 29.7 Å². The fourth-order valence-corrected chi connectivity index (χ4v) is 3.89. The Morgan fingerprint density at radius 1 is 1.39 bits per heavy atom. The monoisotopic (exact) mass is 262 g/mol. The third-order valence-corrected chi connectivity index (χ3v) is 4.84. The molecule has 0 aromatic heterocycles. The average molecular weight is 262 g/mol. The Balaban J connectivity index is 1.67. The number of hydrogen-bond acceptors (Lipinski definition) is 3. The molecule has 96 valence electrons. The van der Waals surface area contributed by atoms with E-state index in [9.17, 15) is 4.79 Å². The molecule has 1 fully saturated rings. The Bertz CT molecular complexity index is 443. The molecular formula is C14H18N2OS. The summed E-state index contributed by atoms with van der Waals surface area (Å²) in [5.74, 6) is 1.11. The van der Waals surface area contributed by atoms with E-state index in [1.165, 1.54) is 10.5 Å². The van der Waals surface area contributed by atoms with Crippen molar-refractivity contribution >= 4 is 17.7 Å². The largest absolute Gasteiger partial charge is 0.352 e. The summed E-state index contributed by atoms with van der Waals surface area (Å²) < 4.78 is 0. The highest BCUT2D eigenvalue weighted by Gasteiger charge is 2.30. The average Bonchev–Trinajstić information content (AvgIpc) is 2.84. The number of amides is 1. The zero-order chi connectivity index (χ0) is 12.4. The lowest BCUT2D eigenvalue weighted by Gasteiger charge is -2.25. The Morgan fingerprint density at radius 3 is 3.11 bits per heavy atom. The number of hydrogen-bond donors (Lipinski definition) is 2. The van der Waals surface area contributed by atoms with Crippen LogP contribution in [0.25, 0.3) is 0 Å². The highest BCUT2D eigenvalue weighted by Crippen LogP contribution is 2.39. The molecule has 1 amide bonds. The van der Waals surface area contributed by atoms with Crippen LogP contribution in [0.2, 0.25) is 0 Å². The number of carbonyl (C=O) groups is 1. The minimum Gasteiger partial charge on any atom is -0.352 e. The van der Waals surface area contributed by atoms with Crippen molar-refractivity contribution in [3.8, 4) is 0 Å². The van der Waals surface area contributed by atoms with Gasteiger partial charge in [0.2, 0.25) is 5.91 Å². The maximum absolute atomic E-state index is 12.3. The van der Waals surface area contributed by atoms with Gasteiger partial charge in [-0.25, -0.2) is 0 Å². The summed E-state index contributed by atoms with van der Waals surface area (Å²) >= 11 is 1.79. The summed E-state index contributed by atoms with van der Waals surface area (Å²) in [6.07, 6.45) is 2.25. The number of nitrogens with one attached hydrogen (secondary N) is 2. The number of thioether (sulfide) groups is 1. The zero-order valence-corrected chi connectivity index (χ0v) is 11.1. The van der Waals surface area contributed by atoms with Gasteiger partial charge in [-0.05, 0) is 31.0 Å². The maximum atomic E-state index is 12.3. The van der Waals surface area contributed by atoms with Gasteiger partial charge in [0.1, 0.15) is 0 Å². The first-order valence-corrected chi connectivity index (χ1v) is 7.56. The third kappa shape index (κ3) is 2.40. The number of carbonyl (C=O) groups excluding carboxylic acids is 1. The van der Waals surface area contributed by atoms with Gasteiger partial charge < -0.3 is 10.6 Å². The van der Waals surface area contributed by atoms with Crippen molar-refractivity contribution in [1.29, 1.82) is 0 Å². The summed E-state index contributed by atoms with van der Waals surface area (Å²) in [7, 11) is 0. The molecular weight excluding hydrogens is 244 g/mol. The van der Waals surface area contributed by atoms with Crippen molar-refractivity contribution in [3.05, 3.63) is 29.8 Å². The zero-order valence-electron chi connectivity index (χ0n) is 10.3. The highest BCUT2D eigenvalue weighted by atomic mass is 32.2. The summed E-state index contributed by atoms with van der Waals surface area (Å²) in [6.45, 7) is 1.99. The van der Waals surface area contributed by atoms with Crippen LogP contribution in [0.15, 0.2) is 29.2 Å². The molecule has 0 spiro atoms.